The van der Waals surface area contributed by atoms with Gasteiger partial charge in [-0.1, -0.05) is 0 Å². The van der Waals surface area contributed by atoms with Gasteiger partial charge in [-0.3, -0.25) is 9.08 Å². The molecule has 0 unspecified atom stereocenters. The zero-order valence-electron chi connectivity index (χ0n) is 12.1. The summed E-state index contributed by atoms with van der Waals surface area (Å²) in [6.07, 6.45) is 0.176. The van der Waals surface area contributed by atoms with E-state index >= 15 is 0 Å². The lowest BCUT2D eigenvalue weighted by molar-refractivity contribution is -0.141. The van der Waals surface area contributed by atoms with Gasteiger partial charge in [0.25, 0.3) is 10.1 Å². The molecule has 1 aliphatic heterocycles. The molecule has 0 spiro atoms. The van der Waals surface area contributed by atoms with Crippen molar-refractivity contribution in [2.24, 2.45) is 0 Å². The molecule has 1 amide bonds. The molecule has 0 bridgehead atoms. The minimum absolute atomic E-state index is 0.308. The Balaban J connectivity index is 2.72. The molecule has 1 rings (SSSR count). The van der Waals surface area contributed by atoms with Crippen molar-refractivity contribution in [2.45, 2.75) is 38.5 Å². The summed E-state index contributed by atoms with van der Waals surface area (Å²) in [5, 5.41) is 0. The van der Waals surface area contributed by atoms with Gasteiger partial charge in [-0.2, -0.15) is 8.42 Å². The van der Waals surface area contributed by atoms with E-state index in [0.717, 1.165) is 11.2 Å². The molecule has 0 radical (unpaired) electrons. The van der Waals surface area contributed by atoms with E-state index in [4.69, 9.17) is 4.74 Å². The summed E-state index contributed by atoms with van der Waals surface area (Å²) >= 11 is 0. The second-order valence-corrected chi connectivity index (χ2v) is 7.06. The maximum atomic E-state index is 11.9. The third-order valence-electron chi connectivity index (χ3n) is 2.43. The van der Waals surface area contributed by atoms with Gasteiger partial charge in [-0.05, 0) is 20.8 Å². The third-order valence-corrected chi connectivity index (χ3v) is 3.00. The van der Waals surface area contributed by atoms with Gasteiger partial charge in [0.2, 0.25) is 0 Å². The standard InChI is InChI=1S/C11H19NO7S/c1-11(2,3)19-10(14)12-7(6-18-20(5,15)16)8(12)9(13)17-4/h7-8H,6H2,1-5H3/t7-,8-,12?/m0/s1. The van der Waals surface area contributed by atoms with Crippen LogP contribution in [0.3, 0.4) is 0 Å². The topological polar surface area (TPSA) is 99.0 Å². The number of carbonyl (C=O) groups excluding carboxylic acids is 2. The van der Waals surface area contributed by atoms with E-state index in [9.17, 15) is 18.0 Å². The van der Waals surface area contributed by atoms with E-state index < -0.39 is 39.9 Å². The lowest BCUT2D eigenvalue weighted by atomic mass is 10.2. The lowest BCUT2D eigenvalue weighted by Crippen LogP contribution is -2.29. The van der Waals surface area contributed by atoms with Crippen LogP contribution in [0.25, 0.3) is 0 Å². The van der Waals surface area contributed by atoms with Crippen LogP contribution in [0.15, 0.2) is 0 Å². The smallest absolute Gasteiger partial charge is 0.411 e. The van der Waals surface area contributed by atoms with Gasteiger partial charge < -0.3 is 9.47 Å². The Labute approximate surface area is 118 Å². The molecular weight excluding hydrogens is 290 g/mol. The fourth-order valence-corrected chi connectivity index (χ4v) is 1.99. The van der Waals surface area contributed by atoms with Crippen molar-refractivity contribution in [3.63, 3.8) is 0 Å². The molecule has 8 nitrogen and oxygen atoms in total. The summed E-state index contributed by atoms with van der Waals surface area (Å²) < 4.78 is 36.2. The van der Waals surface area contributed by atoms with Crippen molar-refractivity contribution < 1.29 is 31.7 Å². The minimum Gasteiger partial charge on any atom is -0.467 e. The first kappa shape index (κ1) is 16.7. The van der Waals surface area contributed by atoms with Crippen LogP contribution in [0, 0.1) is 0 Å². The first-order valence-electron chi connectivity index (χ1n) is 5.90. The molecule has 1 saturated heterocycles. The molecular formula is C11H19NO7S. The quantitative estimate of drug-likeness (QED) is 0.413. The summed E-state index contributed by atoms with van der Waals surface area (Å²) in [5.74, 6) is -0.641. The predicted molar refractivity (Wildman–Crippen MR) is 68.5 cm³/mol. The summed E-state index contributed by atoms with van der Waals surface area (Å²) in [7, 11) is -2.47. The highest BCUT2D eigenvalue weighted by Crippen LogP contribution is 2.32. The van der Waals surface area contributed by atoms with Gasteiger partial charge >= 0.3 is 12.1 Å². The fourth-order valence-electron chi connectivity index (χ4n) is 1.60. The monoisotopic (exact) mass is 309 g/mol. The maximum absolute atomic E-state index is 11.9. The highest BCUT2D eigenvalue weighted by Gasteiger charge is 2.58. The molecule has 1 fully saturated rings. The van der Waals surface area contributed by atoms with Gasteiger partial charge in [-0.15, -0.1) is 0 Å². The zero-order chi connectivity index (χ0) is 15.7. The summed E-state index contributed by atoms with van der Waals surface area (Å²) in [6.45, 7) is 4.74. The van der Waals surface area contributed by atoms with E-state index in [0.29, 0.717) is 0 Å². The molecule has 9 heteroatoms. The number of hydrogen-bond acceptors (Lipinski definition) is 7. The predicted octanol–water partition coefficient (Wildman–Crippen LogP) is 0.123. The molecule has 1 heterocycles. The normalized spacial score (nSPS) is 22.4. The van der Waals surface area contributed by atoms with Crippen molar-refractivity contribution in [3.05, 3.63) is 0 Å². The van der Waals surface area contributed by atoms with E-state index in [1.54, 1.807) is 20.8 Å². The highest BCUT2D eigenvalue weighted by molar-refractivity contribution is 7.85. The second-order valence-electron chi connectivity index (χ2n) is 5.41. The van der Waals surface area contributed by atoms with Gasteiger partial charge in [-0.25, -0.2) is 9.59 Å². The SMILES string of the molecule is COC(=O)[C@@H]1[C@H](COS(C)(=O)=O)N1C(=O)OC(C)(C)C. The average molecular weight is 309 g/mol. The van der Waals surface area contributed by atoms with Gasteiger partial charge in [0, 0.05) is 0 Å². The van der Waals surface area contributed by atoms with Gasteiger partial charge in [0.15, 0.2) is 6.04 Å². The van der Waals surface area contributed by atoms with Crippen LogP contribution in [0.2, 0.25) is 0 Å². The first-order valence-corrected chi connectivity index (χ1v) is 7.71. The summed E-state index contributed by atoms with van der Waals surface area (Å²) in [5.41, 5.74) is -0.720. The molecule has 0 aromatic heterocycles. The molecule has 0 aromatic carbocycles. The number of rotatable bonds is 4. The van der Waals surface area contributed by atoms with Crippen LogP contribution in [-0.4, -0.2) is 63.0 Å². The van der Waals surface area contributed by atoms with Crippen LogP contribution < -0.4 is 0 Å². The van der Waals surface area contributed by atoms with Crippen LogP contribution in [0.1, 0.15) is 20.8 Å². The zero-order valence-corrected chi connectivity index (χ0v) is 12.9. The molecule has 0 aromatic rings. The van der Waals surface area contributed by atoms with Crippen molar-refractivity contribution in [3.8, 4) is 0 Å². The maximum Gasteiger partial charge on any atom is 0.411 e. The molecule has 0 saturated carbocycles. The first-order chi connectivity index (χ1) is 8.96. The van der Waals surface area contributed by atoms with E-state index in [-0.39, 0.29) is 6.61 Å². The number of carbonyl (C=O) groups is 2. The fraction of sp³-hybridized carbons (Fsp3) is 0.818. The molecule has 20 heavy (non-hydrogen) atoms. The van der Waals surface area contributed by atoms with E-state index in [2.05, 4.69) is 8.92 Å². The Morgan fingerprint density at radius 2 is 1.80 bits per heavy atom. The molecule has 116 valence electrons. The van der Waals surface area contributed by atoms with Crippen molar-refractivity contribution in [1.82, 2.24) is 4.90 Å². The van der Waals surface area contributed by atoms with E-state index in [1.165, 1.54) is 7.11 Å². The largest absolute Gasteiger partial charge is 0.467 e. The van der Waals surface area contributed by atoms with Crippen molar-refractivity contribution >= 4 is 22.2 Å². The second kappa shape index (κ2) is 5.57. The van der Waals surface area contributed by atoms with Crippen molar-refractivity contribution in [1.29, 1.82) is 0 Å². The summed E-state index contributed by atoms with van der Waals surface area (Å²) in [6, 6.07) is -1.58. The minimum atomic E-state index is -3.65. The Morgan fingerprint density at radius 3 is 2.20 bits per heavy atom. The van der Waals surface area contributed by atoms with Gasteiger partial charge in [0.1, 0.15) is 5.60 Å². The number of methoxy groups -OCH3 is 1. The number of hydrogen-bond donors (Lipinski definition) is 0. The molecule has 2 atom stereocenters. The number of nitrogens with zero attached hydrogens (tertiary/aromatic N) is 1. The van der Waals surface area contributed by atoms with Crippen LogP contribution in [0.4, 0.5) is 4.79 Å². The van der Waals surface area contributed by atoms with E-state index in [1.807, 2.05) is 0 Å². The number of esters is 1. The van der Waals surface area contributed by atoms with Crippen LogP contribution >= 0.6 is 0 Å². The van der Waals surface area contributed by atoms with Crippen LogP contribution in [-0.2, 0) is 28.6 Å². The molecule has 1 aliphatic rings. The Kier molecular flexibility index (Phi) is 4.65. The summed E-state index contributed by atoms with van der Waals surface area (Å²) in [4.78, 5) is 24.5. The lowest BCUT2D eigenvalue weighted by Gasteiger charge is -2.20. The third kappa shape index (κ3) is 4.64. The van der Waals surface area contributed by atoms with Gasteiger partial charge in [0.05, 0.1) is 26.0 Å². The number of amides is 1. The Hall–Kier alpha value is -1.35. The molecule has 0 aliphatic carbocycles. The Morgan fingerprint density at radius 1 is 1.25 bits per heavy atom. The highest BCUT2D eigenvalue weighted by atomic mass is 32.2. The molecule has 0 N–H and O–H groups in total. The van der Waals surface area contributed by atoms with Crippen molar-refractivity contribution in [2.75, 3.05) is 20.0 Å². The number of ether oxygens (including phenoxy) is 2. The average Bonchev–Trinajstić information content (AvgIpc) is 2.96. The van der Waals surface area contributed by atoms with Crippen LogP contribution in [0.5, 0.6) is 0 Å². The Bertz CT molecular complexity index is 493.